The van der Waals surface area contributed by atoms with Gasteiger partial charge in [-0.1, -0.05) is 25.8 Å². The minimum Gasteiger partial charge on any atom is -0.357 e. The van der Waals surface area contributed by atoms with Crippen molar-refractivity contribution in [1.29, 1.82) is 0 Å². The molecule has 1 N–H and O–H groups in total. The van der Waals surface area contributed by atoms with Crippen molar-refractivity contribution in [3.8, 4) is 0 Å². The van der Waals surface area contributed by atoms with E-state index in [1.165, 1.54) is 31.2 Å². The van der Waals surface area contributed by atoms with Gasteiger partial charge in [0.1, 0.15) is 5.82 Å². The lowest BCUT2D eigenvalue weighted by atomic mass is 10.2. The Morgan fingerprint density at radius 3 is 2.67 bits per heavy atom. The summed E-state index contributed by atoms with van der Waals surface area (Å²) in [5.74, 6) is 1.12. The number of hydrogen-bond acceptors (Lipinski definition) is 3. The Hall–Kier alpha value is -1.09. The molecule has 1 aliphatic carbocycles. The minimum absolute atomic E-state index is 0.691. The Kier molecular flexibility index (Phi) is 4.59. The standard InChI is InChI=1S/C15H25N3/c1-4-16-11-13-9-10-15(17-12(13)2)18(3)14-7-5-6-8-14/h9-10,14,16H,4-8,11H2,1-3H3. The molecule has 0 aromatic carbocycles. The van der Waals surface area contributed by atoms with Crippen molar-refractivity contribution in [1.82, 2.24) is 10.3 Å². The number of aryl methyl sites for hydroxylation is 1. The molecule has 18 heavy (non-hydrogen) atoms. The van der Waals surface area contributed by atoms with Gasteiger partial charge in [-0.15, -0.1) is 0 Å². The van der Waals surface area contributed by atoms with Gasteiger partial charge in [0.05, 0.1) is 0 Å². The highest BCUT2D eigenvalue weighted by molar-refractivity contribution is 5.42. The molecule has 1 heterocycles. The summed E-state index contributed by atoms with van der Waals surface area (Å²) in [5, 5.41) is 3.36. The molecule has 0 radical (unpaired) electrons. The first-order valence-corrected chi connectivity index (χ1v) is 7.12. The van der Waals surface area contributed by atoms with E-state index in [0.29, 0.717) is 6.04 Å². The molecule has 1 fully saturated rings. The summed E-state index contributed by atoms with van der Waals surface area (Å²) in [6, 6.07) is 5.07. The molecule has 0 saturated heterocycles. The van der Waals surface area contributed by atoms with Crippen LogP contribution >= 0.6 is 0 Å². The van der Waals surface area contributed by atoms with Gasteiger partial charge in [-0.2, -0.15) is 0 Å². The average molecular weight is 247 g/mol. The average Bonchev–Trinajstić information content (AvgIpc) is 2.90. The third-order valence-electron chi connectivity index (χ3n) is 3.98. The largest absolute Gasteiger partial charge is 0.357 e. The van der Waals surface area contributed by atoms with Gasteiger partial charge in [-0.25, -0.2) is 4.98 Å². The van der Waals surface area contributed by atoms with Gasteiger partial charge in [-0.05, 0) is 37.9 Å². The van der Waals surface area contributed by atoms with Crippen molar-refractivity contribution in [2.24, 2.45) is 0 Å². The first kappa shape index (κ1) is 13.3. The second kappa shape index (κ2) is 6.19. The topological polar surface area (TPSA) is 28.2 Å². The number of anilines is 1. The van der Waals surface area contributed by atoms with Crippen molar-refractivity contribution < 1.29 is 0 Å². The van der Waals surface area contributed by atoms with Crippen LogP contribution in [-0.2, 0) is 6.54 Å². The fraction of sp³-hybridized carbons (Fsp3) is 0.667. The van der Waals surface area contributed by atoms with Crippen LogP contribution in [0.15, 0.2) is 12.1 Å². The fourth-order valence-corrected chi connectivity index (χ4v) is 2.70. The molecule has 0 bridgehead atoms. The highest BCUT2D eigenvalue weighted by atomic mass is 15.2. The fourth-order valence-electron chi connectivity index (χ4n) is 2.70. The first-order chi connectivity index (χ1) is 8.72. The maximum atomic E-state index is 4.76. The number of nitrogens with zero attached hydrogens (tertiary/aromatic N) is 2. The van der Waals surface area contributed by atoms with Gasteiger partial charge in [0.15, 0.2) is 0 Å². The first-order valence-electron chi connectivity index (χ1n) is 7.12. The lowest BCUT2D eigenvalue weighted by Crippen LogP contribution is -2.29. The molecule has 0 atom stereocenters. The molecule has 1 aliphatic rings. The molecular formula is C15H25N3. The van der Waals surface area contributed by atoms with Crippen LogP contribution in [0, 0.1) is 6.92 Å². The van der Waals surface area contributed by atoms with E-state index in [2.05, 4.69) is 43.2 Å². The van der Waals surface area contributed by atoms with Crippen molar-refractivity contribution in [2.75, 3.05) is 18.5 Å². The van der Waals surface area contributed by atoms with E-state index in [9.17, 15) is 0 Å². The zero-order chi connectivity index (χ0) is 13.0. The van der Waals surface area contributed by atoms with Gasteiger partial charge < -0.3 is 10.2 Å². The van der Waals surface area contributed by atoms with E-state index in [1.54, 1.807) is 0 Å². The lowest BCUT2D eigenvalue weighted by Gasteiger charge is -2.26. The Morgan fingerprint density at radius 1 is 1.33 bits per heavy atom. The quantitative estimate of drug-likeness (QED) is 0.867. The van der Waals surface area contributed by atoms with E-state index in [1.807, 2.05) is 0 Å². The summed E-state index contributed by atoms with van der Waals surface area (Å²) in [7, 11) is 2.18. The molecule has 2 rings (SSSR count). The highest BCUT2D eigenvalue weighted by Crippen LogP contribution is 2.26. The molecule has 100 valence electrons. The van der Waals surface area contributed by atoms with Gasteiger partial charge in [0.2, 0.25) is 0 Å². The molecule has 0 amide bonds. The maximum absolute atomic E-state index is 4.76. The molecule has 0 spiro atoms. The van der Waals surface area contributed by atoms with Crippen molar-refractivity contribution in [2.45, 2.75) is 52.1 Å². The third kappa shape index (κ3) is 3.02. The summed E-state index contributed by atoms with van der Waals surface area (Å²) >= 11 is 0. The van der Waals surface area contributed by atoms with Crippen molar-refractivity contribution in [3.63, 3.8) is 0 Å². The van der Waals surface area contributed by atoms with Crippen molar-refractivity contribution in [3.05, 3.63) is 23.4 Å². The molecule has 3 heteroatoms. The number of aromatic nitrogens is 1. The van der Waals surface area contributed by atoms with Crippen LogP contribution in [0.2, 0.25) is 0 Å². The molecule has 1 saturated carbocycles. The van der Waals surface area contributed by atoms with Crippen molar-refractivity contribution >= 4 is 5.82 Å². The lowest BCUT2D eigenvalue weighted by molar-refractivity contribution is 0.644. The zero-order valence-electron chi connectivity index (χ0n) is 11.9. The van der Waals surface area contributed by atoms with Crippen LogP contribution in [0.25, 0.3) is 0 Å². The molecule has 0 unspecified atom stereocenters. The third-order valence-corrected chi connectivity index (χ3v) is 3.98. The summed E-state index contributed by atoms with van der Waals surface area (Å²) in [5.41, 5.74) is 2.46. The van der Waals surface area contributed by atoms with E-state index < -0.39 is 0 Å². The Morgan fingerprint density at radius 2 is 2.06 bits per heavy atom. The minimum atomic E-state index is 0.691. The SMILES string of the molecule is CCNCc1ccc(N(C)C2CCCC2)nc1C. The Labute approximate surface area is 111 Å². The molecule has 1 aromatic rings. The van der Waals surface area contributed by atoms with E-state index in [4.69, 9.17) is 4.98 Å². The predicted octanol–water partition coefficient (Wildman–Crippen LogP) is 2.88. The second-order valence-electron chi connectivity index (χ2n) is 5.24. The summed E-state index contributed by atoms with van der Waals surface area (Å²) in [6.45, 7) is 6.16. The van der Waals surface area contributed by atoms with Gasteiger partial charge >= 0.3 is 0 Å². The summed E-state index contributed by atoms with van der Waals surface area (Å²) in [4.78, 5) is 7.11. The summed E-state index contributed by atoms with van der Waals surface area (Å²) in [6.07, 6.45) is 5.37. The van der Waals surface area contributed by atoms with Gasteiger partial charge in [0, 0.05) is 25.3 Å². The van der Waals surface area contributed by atoms with Crippen LogP contribution in [0.5, 0.6) is 0 Å². The van der Waals surface area contributed by atoms with Crippen LogP contribution < -0.4 is 10.2 Å². The van der Waals surface area contributed by atoms with Crippen LogP contribution in [0.4, 0.5) is 5.82 Å². The van der Waals surface area contributed by atoms with Crippen LogP contribution in [0.3, 0.4) is 0 Å². The molecule has 1 aromatic heterocycles. The monoisotopic (exact) mass is 247 g/mol. The van der Waals surface area contributed by atoms with E-state index in [-0.39, 0.29) is 0 Å². The van der Waals surface area contributed by atoms with E-state index >= 15 is 0 Å². The Bertz CT molecular complexity index is 383. The number of nitrogens with one attached hydrogen (secondary N) is 1. The molecule has 0 aliphatic heterocycles. The predicted molar refractivity (Wildman–Crippen MR) is 77.0 cm³/mol. The maximum Gasteiger partial charge on any atom is 0.128 e. The van der Waals surface area contributed by atoms with Crippen LogP contribution in [-0.4, -0.2) is 24.6 Å². The zero-order valence-corrected chi connectivity index (χ0v) is 11.9. The normalized spacial score (nSPS) is 16.2. The van der Waals surface area contributed by atoms with Crippen LogP contribution in [0.1, 0.15) is 43.9 Å². The van der Waals surface area contributed by atoms with Gasteiger partial charge in [-0.3, -0.25) is 0 Å². The molecular weight excluding hydrogens is 222 g/mol. The number of pyridine rings is 1. The number of rotatable bonds is 5. The number of hydrogen-bond donors (Lipinski definition) is 1. The van der Waals surface area contributed by atoms with Gasteiger partial charge in [0.25, 0.3) is 0 Å². The second-order valence-corrected chi connectivity index (χ2v) is 5.24. The Balaban J connectivity index is 2.07. The van der Waals surface area contributed by atoms with E-state index in [0.717, 1.165) is 24.6 Å². The molecule has 3 nitrogen and oxygen atoms in total. The summed E-state index contributed by atoms with van der Waals surface area (Å²) < 4.78 is 0. The smallest absolute Gasteiger partial charge is 0.128 e. The highest BCUT2D eigenvalue weighted by Gasteiger charge is 2.20.